The van der Waals surface area contributed by atoms with Gasteiger partial charge in [-0.2, -0.15) is 5.10 Å². The molecule has 212 valence electrons. The first-order valence-electron chi connectivity index (χ1n) is 13.6. The number of carboxylic acid groups (broad SMARTS) is 1. The van der Waals surface area contributed by atoms with Gasteiger partial charge in [-0.1, -0.05) is 0 Å². The first-order chi connectivity index (χ1) is 19.9. The summed E-state index contributed by atoms with van der Waals surface area (Å²) in [7, 11) is 0. The van der Waals surface area contributed by atoms with E-state index >= 15 is 0 Å². The molecule has 2 aliphatic rings. The minimum Gasteiger partial charge on any atom is -0.488 e. The molecular weight excluding hydrogens is 526 g/mol. The van der Waals surface area contributed by atoms with Crippen LogP contribution in [0.1, 0.15) is 35.8 Å². The van der Waals surface area contributed by atoms with Crippen LogP contribution in [0.2, 0.25) is 0 Å². The predicted molar refractivity (Wildman–Crippen MR) is 151 cm³/mol. The van der Waals surface area contributed by atoms with Crippen LogP contribution in [0.25, 0.3) is 16.6 Å². The van der Waals surface area contributed by atoms with Crippen LogP contribution in [0.15, 0.2) is 55.0 Å². The Morgan fingerprint density at radius 2 is 1.88 bits per heavy atom. The molecule has 2 saturated heterocycles. The molecular formula is C29H31N7O5. The molecule has 12 heteroatoms. The molecule has 2 fully saturated rings. The lowest BCUT2D eigenvalue weighted by Crippen LogP contribution is -2.60. The molecule has 3 atom stereocenters. The second kappa shape index (κ2) is 11.0. The predicted octanol–water partition coefficient (Wildman–Crippen LogP) is 3.88. The summed E-state index contributed by atoms with van der Waals surface area (Å²) in [4.78, 5) is 34.1. The van der Waals surface area contributed by atoms with E-state index in [2.05, 4.69) is 25.7 Å². The average Bonchev–Trinajstić information content (AvgIpc) is 3.35. The summed E-state index contributed by atoms with van der Waals surface area (Å²) in [6.07, 6.45) is 5.22. The number of hydrogen-bond donors (Lipinski definition) is 3. The monoisotopic (exact) mass is 557 g/mol. The molecule has 3 N–H and O–H groups in total. The van der Waals surface area contributed by atoms with Gasteiger partial charge in [0.25, 0.3) is 5.91 Å². The Hall–Kier alpha value is -4.71. The molecule has 4 aromatic rings. The largest absolute Gasteiger partial charge is 0.488 e. The third kappa shape index (κ3) is 5.50. The lowest BCUT2D eigenvalue weighted by Gasteiger charge is -2.46. The average molecular weight is 558 g/mol. The highest BCUT2D eigenvalue weighted by Crippen LogP contribution is 2.36. The SMILES string of the molecule is CCNC(=O)c1ccc(Nc2cc3cc(-c4cc(C)ncc4OC4C[C@H]5COC[C@@H](C4)N5C(=O)O)ccn3n2)nc1. The van der Waals surface area contributed by atoms with Crippen molar-refractivity contribution in [1.29, 1.82) is 0 Å². The Kier molecular flexibility index (Phi) is 7.14. The van der Waals surface area contributed by atoms with E-state index in [-0.39, 0.29) is 24.1 Å². The summed E-state index contributed by atoms with van der Waals surface area (Å²) in [6.45, 7) is 5.11. The molecule has 0 aliphatic carbocycles. The second-order valence-corrected chi connectivity index (χ2v) is 10.3. The van der Waals surface area contributed by atoms with Crippen molar-refractivity contribution < 1.29 is 24.2 Å². The molecule has 41 heavy (non-hydrogen) atoms. The number of aromatic nitrogens is 4. The molecule has 2 amide bonds. The summed E-state index contributed by atoms with van der Waals surface area (Å²) in [5, 5.41) is 20.2. The number of anilines is 2. The summed E-state index contributed by atoms with van der Waals surface area (Å²) in [5.41, 5.74) is 4.06. The quantitative estimate of drug-likeness (QED) is 0.308. The molecule has 6 heterocycles. The molecule has 2 aliphatic heterocycles. The number of piperidine rings is 1. The smallest absolute Gasteiger partial charge is 0.407 e. The molecule has 0 radical (unpaired) electrons. The van der Waals surface area contributed by atoms with Crippen LogP contribution in [-0.4, -0.2) is 79.5 Å². The molecule has 0 aromatic carbocycles. The fourth-order valence-corrected chi connectivity index (χ4v) is 5.54. The number of nitrogens with one attached hydrogen (secondary N) is 2. The Labute approximate surface area is 236 Å². The topological polar surface area (TPSA) is 143 Å². The van der Waals surface area contributed by atoms with E-state index < -0.39 is 6.09 Å². The fraction of sp³-hybridized carbons (Fsp3) is 0.345. The summed E-state index contributed by atoms with van der Waals surface area (Å²) in [5.74, 6) is 1.68. The van der Waals surface area contributed by atoms with Crippen LogP contribution in [0.4, 0.5) is 16.4 Å². The number of ether oxygens (including phenoxy) is 2. The fourth-order valence-electron chi connectivity index (χ4n) is 5.54. The van der Waals surface area contributed by atoms with Crippen molar-refractivity contribution in [3.05, 3.63) is 66.2 Å². The number of amides is 2. The van der Waals surface area contributed by atoms with Crippen LogP contribution in [0.3, 0.4) is 0 Å². The van der Waals surface area contributed by atoms with Gasteiger partial charge in [-0.25, -0.2) is 14.3 Å². The van der Waals surface area contributed by atoms with E-state index in [0.29, 0.717) is 55.5 Å². The third-order valence-electron chi connectivity index (χ3n) is 7.39. The minimum atomic E-state index is -0.908. The molecule has 4 aromatic heterocycles. The van der Waals surface area contributed by atoms with E-state index in [1.807, 2.05) is 44.3 Å². The molecule has 0 spiro atoms. The summed E-state index contributed by atoms with van der Waals surface area (Å²) in [6, 6.07) is 10.9. The van der Waals surface area contributed by atoms with Gasteiger partial charge in [-0.15, -0.1) is 0 Å². The summed E-state index contributed by atoms with van der Waals surface area (Å²) >= 11 is 0. The van der Waals surface area contributed by atoms with Gasteiger partial charge in [0.2, 0.25) is 0 Å². The number of morpholine rings is 1. The van der Waals surface area contributed by atoms with Crippen molar-refractivity contribution in [1.82, 2.24) is 29.8 Å². The van der Waals surface area contributed by atoms with Gasteiger partial charge in [0, 0.05) is 49.1 Å². The zero-order chi connectivity index (χ0) is 28.5. The van der Waals surface area contributed by atoms with Crippen LogP contribution in [0.5, 0.6) is 5.75 Å². The van der Waals surface area contributed by atoms with Gasteiger partial charge >= 0.3 is 6.09 Å². The molecule has 2 bridgehead atoms. The number of rotatable bonds is 7. The Bertz CT molecular complexity index is 1570. The first kappa shape index (κ1) is 26.5. The number of carbonyl (C=O) groups is 2. The first-order valence-corrected chi connectivity index (χ1v) is 13.6. The Balaban J connectivity index is 1.21. The molecule has 1 unspecified atom stereocenters. The van der Waals surface area contributed by atoms with Crippen LogP contribution >= 0.6 is 0 Å². The molecule has 0 saturated carbocycles. The number of aryl methyl sites for hydroxylation is 1. The zero-order valence-electron chi connectivity index (χ0n) is 22.8. The molecule has 6 rings (SSSR count). The number of hydrogen-bond acceptors (Lipinski definition) is 8. The highest BCUT2D eigenvalue weighted by molar-refractivity contribution is 5.94. The maximum absolute atomic E-state index is 12.0. The second-order valence-electron chi connectivity index (χ2n) is 10.3. The normalized spacial score (nSPS) is 20.0. The number of carbonyl (C=O) groups excluding carboxylic acids is 1. The highest BCUT2D eigenvalue weighted by Gasteiger charge is 2.42. The number of pyridine rings is 3. The van der Waals surface area contributed by atoms with Crippen molar-refractivity contribution in [2.45, 2.75) is 44.9 Å². The number of nitrogens with zero attached hydrogens (tertiary/aromatic N) is 5. The van der Waals surface area contributed by atoms with Crippen molar-refractivity contribution >= 4 is 29.2 Å². The van der Waals surface area contributed by atoms with Gasteiger partial charge in [0.15, 0.2) is 5.82 Å². The van der Waals surface area contributed by atoms with E-state index in [4.69, 9.17) is 9.47 Å². The van der Waals surface area contributed by atoms with Gasteiger partial charge in [0.05, 0.1) is 42.6 Å². The van der Waals surface area contributed by atoms with Crippen molar-refractivity contribution in [2.75, 3.05) is 25.1 Å². The number of fused-ring (bicyclic) bond motifs is 3. The van der Waals surface area contributed by atoms with Crippen LogP contribution in [-0.2, 0) is 4.74 Å². The zero-order valence-corrected chi connectivity index (χ0v) is 22.8. The summed E-state index contributed by atoms with van der Waals surface area (Å²) < 4.78 is 13.9. The van der Waals surface area contributed by atoms with Gasteiger partial charge in [-0.05, 0) is 49.7 Å². The Morgan fingerprint density at radius 1 is 1.07 bits per heavy atom. The van der Waals surface area contributed by atoms with Gasteiger partial charge in [0.1, 0.15) is 17.7 Å². The van der Waals surface area contributed by atoms with E-state index in [1.54, 1.807) is 22.8 Å². The maximum Gasteiger partial charge on any atom is 0.407 e. The van der Waals surface area contributed by atoms with Gasteiger partial charge < -0.3 is 25.2 Å². The Morgan fingerprint density at radius 3 is 2.59 bits per heavy atom. The van der Waals surface area contributed by atoms with E-state index in [0.717, 1.165) is 22.3 Å². The van der Waals surface area contributed by atoms with Crippen LogP contribution in [0, 0.1) is 6.92 Å². The molecule has 12 nitrogen and oxygen atoms in total. The van der Waals surface area contributed by atoms with Crippen molar-refractivity contribution in [2.24, 2.45) is 0 Å². The minimum absolute atomic E-state index is 0.144. The van der Waals surface area contributed by atoms with Crippen LogP contribution < -0.4 is 15.4 Å². The van der Waals surface area contributed by atoms with E-state index in [9.17, 15) is 14.7 Å². The lowest BCUT2D eigenvalue weighted by atomic mass is 9.92. The van der Waals surface area contributed by atoms with E-state index in [1.165, 1.54) is 11.1 Å². The third-order valence-corrected chi connectivity index (χ3v) is 7.39. The van der Waals surface area contributed by atoms with Crippen molar-refractivity contribution in [3.63, 3.8) is 0 Å². The highest BCUT2D eigenvalue weighted by atomic mass is 16.5. The standard InChI is InChI=1S/C29H31N7O5/c1-3-30-28(37)19-4-5-26(32-13-19)33-27-12-20-9-18(6-7-35(20)34-27)24-8-17(2)31-14-25(24)41-23-10-21-15-40-16-22(11-23)36(21)29(38)39/h4-9,12-14,21-23H,3,10-11,15-16H2,1-2H3,(H,30,37)(H,38,39)(H,32,33,34)/t21-,22+,23?. The maximum atomic E-state index is 12.0. The van der Waals surface area contributed by atoms with Gasteiger partial charge in [-0.3, -0.25) is 14.7 Å². The lowest BCUT2D eigenvalue weighted by molar-refractivity contribution is -0.0857. The van der Waals surface area contributed by atoms with Crippen molar-refractivity contribution in [3.8, 4) is 16.9 Å².